The van der Waals surface area contributed by atoms with Crippen LogP contribution in [0.5, 0.6) is 0 Å². The highest BCUT2D eigenvalue weighted by Crippen LogP contribution is 2.03. The van der Waals surface area contributed by atoms with Gasteiger partial charge in [0.15, 0.2) is 0 Å². The highest BCUT2D eigenvalue weighted by atomic mass is 16.3. The summed E-state index contributed by atoms with van der Waals surface area (Å²) in [6.45, 7) is 3.63. The summed E-state index contributed by atoms with van der Waals surface area (Å²) in [5.74, 6) is 0. The van der Waals surface area contributed by atoms with Crippen molar-refractivity contribution >= 4 is 0 Å². The van der Waals surface area contributed by atoms with Crippen LogP contribution in [0.1, 0.15) is 18.9 Å². The minimum absolute atomic E-state index is 0.230. The molecule has 0 saturated carbocycles. The fraction of sp³-hybridized carbons (Fsp3) is 0.538. The zero-order chi connectivity index (χ0) is 11.1. The first-order valence-corrected chi connectivity index (χ1v) is 5.59. The predicted octanol–water partition coefficient (Wildman–Crippen LogP) is 1.93. The number of hydrogen-bond donors (Lipinski definition) is 1. The Kier molecular flexibility index (Phi) is 5.37. The Labute approximate surface area is 92.5 Å². The van der Waals surface area contributed by atoms with Crippen LogP contribution < -0.4 is 0 Å². The second-order valence-corrected chi connectivity index (χ2v) is 4.20. The van der Waals surface area contributed by atoms with Crippen LogP contribution >= 0.6 is 0 Å². The molecule has 0 amide bonds. The van der Waals surface area contributed by atoms with Gasteiger partial charge >= 0.3 is 0 Å². The molecule has 2 heteroatoms. The molecular formula is C13H21NO. The molecule has 0 aliphatic carbocycles. The van der Waals surface area contributed by atoms with E-state index in [9.17, 15) is 5.11 Å². The molecule has 84 valence electrons. The Morgan fingerprint density at radius 3 is 2.53 bits per heavy atom. The van der Waals surface area contributed by atoms with Crippen molar-refractivity contribution in [1.29, 1.82) is 0 Å². The van der Waals surface area contributed by atoms with Crippen molar-refractivity contribution in [3.63, 3.8) is 0 Å². The van der Waals surface area contributed by atoms with Gasteiger partial charge in [0, 0.05) is 6.54 Å². The number of hydrogen-bond acceptors (Lipinski definition) is 2. The van der Waals surface area contributed by atoms with Crippen molar-refractivity contribution in [2.75, 3.05) is 20.1 Å². The first-order valence-electron chi connectivity index (χ1n) is 5.59. The minimum Gasteiger partial charge on any atom is -0.392 e. The molecule has 1 N–H and O–H groups in total. The first kappa shape index (κ1) is 12.2. The topological polar surface area (TPSA) is 23.5 Å². The van der Waals surface area contributed by atoms with E-state index in [-0.39, 0.29) is 6.10 Å². The molecule has 1 aromatic carbocycles. The molecule has 0 aromatic heterocycles. The molecule has 1 atom stereocenters. The average molecular weight is 207 g/mol. The molecule has 15 heavy (non-hydrogen) atoms. The lowest BCUT2D eigenvalue weighted by Gasteiger charge is -2.17. The highest BCUT2D eigenvalue weighted by molar-refractivity contribution is 5.14. The molecule has 1 aromatic rings. The van der Waals surface area contributed by atoms with Crippen LogP contribution in [0.2, 0.25) is 0 Å². The minimum atomic E-state index is -0.230. The maximum atomic E-state index is 9.20. The van der Waals surface area contributed by atoms with Gasteiger partial charge in [0.2, 0.25) is 0 Å². The molecule has 1 unspecified atom stereocenters. The highest BCUT2D eigenvalue weighted by Gasteiger charge is 2.02. The van der Waals surface area contributed by atoms with Crippen LogP contribution in [-0.4, -0.2) is 36.2 Å². The molecule has 0 bridgehead atoms. The van der Waals surface area contributed by atoms with Crippen LogP contribution in [0.15, 0.2) is 30.3 Å². The van der Waals surface area contributed by atoms with E-state index >= 15 is 0 Å². The number of likely N-dealkylation sites (N-methyl/N-ethyl adjacent to an activating group) is 1. The van der Waals surface area contributed by atoms with Crippen molar-refractivity contribution < 1.29 is 5.11 Å². The summed E-state index contributed by atoms with van der Waals surface area (Å²) in [4.78, 5) is 2.17. The fourth-order valence-electron chi connectivity index (χ4n) is 1.74. The van der Waals surface area contributed by atoms with Crippen LogP contribution in [-0.2, 0) is 6.42 Å². The van der Waals surface area contributed by atoms with Crippen molar-refractivity contribution in [3.8, 4) is 0 Å². The van der Waals surface area contributed by atoms with Crippen molar-refractivity contribution in [3.05, 3.63) is 35.9 Å². The van der Waals surface area contributed by atoms with E-state index in [0.29, 0.717) is 0 Å². The normalized spacial score (nSPS) is 13.1. The monoisotopic (exact) mass is 207 g/mol. The molecule has 0 saturated heterocycles. The van der Waals surface area contributed by atoms with Gasteiger partial charge in [-0.2, -0.15) is 0 Å². The lowest BCUT2D eigenvalue weighted by Crippen LogP contribution is -2.28. The lowest BCUT2D eigenvalue weighted by atomic mass is 10.1. The summed E-state index contributed by atoms with van der Waals surface area (Å²) in [7, 11) is 2.05. The predicted molar refractivity (Wildman–Crippen MR) is 63.9 cm³/mol. The maximum Gasteiger partial charge on any atom is 0.0638 e. The Morgan fingerprint density at radius 2 is 1.93 bits per heavy atom. The number of benzene rings is 1. The van der Waals surface area contributed by atoms with Crippen molar-refractivity contribution in [2.45, 2.75) is 25.9 Å². The Balaban J connectivity index is 2.16. The van der Waals surface area contributed by atoms with Gasteiger partial charge in [0.05, 0.1) is 6.10 Å². The molecule has 2 nitrogen and oxygen atoms in total. The van der Waals surface area contributed by atoms with Gasteiger partial charge in [-0.05, 0) is 38.9 Å². The Morgan fingerprint density at radius 1 is 1.27 bits per heavy atom. The van der Waals surface area contributed by atoms with E-state index in [0.717, 1.165) is 25.9 Å². The van der Waals surface area contributed by atoms with E-state index < -0.39 is 0 Å². The maximum absolute atomic E-state index is 9.20. The van der Waals surface area contributed by atoms with E-state index in [1.165, 1.54) is 5.56 Å². The van der Waals surface area contributed by atoms with E-state index in [1.54, 1.807) is 0 Å². The van der Waals surface area contributed by atoms with Gasteiger partial charge in [0.1, 0.15) is 0 Å². The quantitative estimate of drug-likeness (QED) is 0.770. The average Bonchev–Trinajstić information content (AvgIpc) is 2.18. The second-order valence-electron chi connectivity index (χ2n) is 4.20. The lowest BCUT2D eigenvalue weighted by molar-refractivity contribution is 0.141. The van der Waals surface area contributed by atoms with Gasteiger partial charge in [-0.1, -0.05) is 30.3 Å². The third-order valence-electron chi connectivity index (χ3n) is 2.42. The summed E-state index contributed by atoms with van der Waals surface area (Å²) < 4.78 is 0. The van der Waals surface area contributed by atoms with Gasteiger partial charge in [0.25, 0.3) is 0 Å². The van der Waals surface area contributed by atoms with E-state index in [1.807, 2.05) is 13.0 Å². The number of aryl methyl sites for hydroxylation is 1. The van der Waals surface area contributed by atoms with Gasteiger partial charge in [-0.15, -0.1) is 0 Å². The third kappa shape index (κ3) is 5.55. The summed E-state index contributed by atoms with van der Waals surface area (Å²) in [6, 6.07) is 10.5. The van der Waals surface area contributed by atoms with Crippen LogP contribution in [0, 0.1) is 0 Å². The number of nitrogens with zero attached hydrogens (tertiary/aromatic N) is 1. The van der Waals surface area contributed by atoms with Crippen LogP contribution in [0.3, 0.4) is 0 Å². The largest absolute Gasteiger partial charge is 0.392 e. The van der Waals surface area contributed by atoms with Crippen molar-refractivity contribution in [1.82, 2.24) is 4.90 Å². The molecule has 0 aliphatic rings. The number of aliphatic hydroxyl groups is 1. The number of aliphatic hydroxyl groups excluding tert-OH is 1. The molecule has 0 radical (unpaired) electrons. The van der Waals surface area contributed by atoms with E-state index in [4.69, 9.17) is 0 Å². The summed E-state index contributed by atoms with van der Waals surface area (Å²) in [5.41, 5.74) is 1.39. The van der Waals surface area contributed by atoms with Crippen LogP contribution in [0.4, 0.5) is 0 Å². The zero-order valence-corrected chi connectivity index (χ0v) is 9.69. The molecule has 0 spiro atoms. The molecule has 0 aliphatic heterocycles. The first-order chi connectivity index (χ1) is 7.18. The Hall–Kier alpha value is -0.860. The molecule has 0 heterocycles. The SMILES string of the molecule is CC(O)CN(C)CCCc1ccccc1. The van der Waals surface area contributed by atoms with Gasteiger partial charge < -0.3 is 10.0 Å². The molecule has 0 fully saturated rings. The zero-order valence-electron chi connectivity index (χ0n) is 9.69. The molecule has 1 rings (SSSR count). The Bertz CT molecular complexity index is 258. The summed E-state index contributed by atoms with van der Waals surface area (Å²) in [5, 5.41) is 9.20. The summed E-state index contributed by atoms with van der Waals surface area (Å²) >= 11 is 0. The fourth-order valence-corrected chi connectivity index (χ4v) is 1.74. The molecular weight excluding hydrogens is 186 g/mol. The standard InChI is InChI=1S/C13H21NO/c1-12(15)11-14(2)10-6-9-13-7-4-3-5-8-13/h3-5,7-8,12,15H,6,9-11H2,1-2H3. The smallest absolute Gasteiger partial charge is 0.0638 e. The van der Waals surface area contributed by atoms with Gasteiger partial charge in [-0.25, -0.2) is 0 Å². The second kappa shape index (κ2) is 6.59. The van der Waals surface area contributed by atoms with E-state index in [2.05, 4.69) is 36.2 Å². The van der Waals surface area contributed by atoms with Gasteiger partial charge in [-0.3, -0.25) is 0 Å². The third-order valence-corrected chi connectivity index (χ3v) is 2.42. The van der Waals surface area contributed by atoms with Crippen molar-refractivity contribution in [2.24, 2.45) is 0 Å². The van der Waals surface area contributed by atoms with Crippen LogP contribution in [0.25, 0.3) is 0 Å². The summed E-state index contributed by atoms with van der Waals surface area (Å²) in [6.07, 6.45) is 2.03. The number of rotatable bonds is 6.